The molecule has 0 amide bonds. The average Bonchev–Trinajstić information content (AvgIpc) is 2.17. The molecule has 0 spiro atoms. The smallest absolute Gasteiger partial charge is 0.0794 e. The number of hydrogen-bond donors (Lipinski definition) is 1. The number of aromatic nitrogens is 1. The van der Waals surface area contributed by atoms with Gasteiger partial charge in [-0.15, -0.1) is 0 Å². The van der Waals surface area contributed by atoms with Crippen LogP contribution in [0.1, 0.15) is 13.8 Å². The van der Waals surface area contributed by atoms with Crippen molar-refractivity contribution in [3.05, 3.63) is 22.9 Å². The summed E-state index contributed by atoms with van der Waals surface area (Å²) in [7, 11) is 1.71. The summed E-state index contributed by atoms with van der Waals surface area (Å²) in [5, 5.41) is 3.29. The lowest BCUT2D eigenvalue weighted by atomic mass is 10.1. The molecule has 1 N–H and O–H groups in total. The van der Waals surface area contributed by atoms with Crippen LogP contribution in [0.15, 0.2) is 22.9 Å². The summed E-state index contributed by atoms with van der Waals surface area (Å²) >= 11 is 3.42. The Hall–Kier alpha value is -0.610. The number of anilines is 1. The van der Waals surface area contributed by atoms with E-state index in [9.17, 15) is 0 Å². The van der Waals surface area contributed by atoms with Crippen molar-refractivity contribution in [2.75, 3.05) is 19.0 Å². The highest BCUT2D eigenvalue weighted by atomic mass is 79.9. The molecule has 1 aromatic rings. The number of rotatable bonds is 4. The van der Waals surface area contributed by atoms with Crippen molar-refractivity contribution in [3.63, 3.8) is 0 Å². The molecule has 0 aliphatic rings. The zero-order valence-electron chi connectivity index (χ0n) is 8.67. The van der Waals surface area contributed by atoms with Crippen molar-refractivity contribution in [2.45, 2.75) is 19.4 Å². The fourth-order valence-electron chi connectivity index (χ4n) is 0.899. The molecule has 78 valence electrons. The maximum Gasteiger partial charge on any atom is 0.0794 e. The Kier molecular flexibility index (Phi) is 3.89. The third-order valence-electron chi connectivity index (χ3n) is 2.03. The summed E-state index contributed by atoms with van der Waals surface area (Å²) in [5.41, 5.74) is 0.869. The van der Waals surface area contributed by atoms with Crippen LogP contribution in [-0.2, 0) is 4.74 Å². The van der Waals surface area contributed by atoms with Crippen molar-refractivity contribution in [3.8, 4) is 0 Å². The first kappa shape index (κ1) is 11.5. The van der Waals surface area contributed by atoms with Gasteiger partial charge in [0.25, 0.3) is 0 Å². The van der Waals surface area contributed by atoms with Gasteiger partial charge in [0, 0.05) is 26.0 Å². The van der Waals surface area contributed by atoms with Crippen LogP contribution in [0.3, 0.4) is 0 Å². The highest BCUT2D eigenvalue weighted by Crippen LogP contribution is 2.21. The molecule has 14 heavy (non-hydrogen) atoms. The van der Waals surface area contributed by atoms with Gasteiger partial charge in [0.15, 0.2) is 0 Å². The minimum absolute atomic E-state index is 0.164. The summed E-state index contributed by atoms with van der Waals surface area (Å²) < 4.78 is 6.27. The summed E-state index contributed by atoms with van der Waals surface area (Å²) in [6.07, 6.45) is 3.52. The van der Waals surface area contributed by atoms with Gasteiger partial charge >= 0.3 is 0 Å². The Morgan fingerprint density at radius 1 is 1.57 bits per heavy atom. The standard InChI is InChI=1S/C10H15BrN2O/c1-10(2,14-3)7-13-9-4-5-12-6-8(9)11/h4-6H,7H2,1-3H3,(H,12,13). The van der Waals surface area contributed by atoms with Gasteiger partial charge in [-0.05, 0) is 35.8 Å². The first-order valence-corrected chi connectivity index (χ1v) is 5.23. The molecule has 3 nitrogen and oxygen atoms in total. The van der Waals surface area contributed by atoms with Gasteiger partial charge in [0.05, 0.1) is 15.8 Å². The van der Waals surface area contributed by atoms with Crippen molar-refractivity contribution < 1.29 is 4.74 Å². The minimum Gasteiger partial charge on any atom is -0.381 e. The van der Waals surface area contributed by atoms with Crippen molar-refractivity contribution >= 4 is 21.6 Å². The number of nitrogens with zero attached hydrogens (tertiary/aromatic N) is 1. The Bertz CT molecular complexity index is 302. The molecular formula is C10H15BrN2O. The largest absolute Gasteiger partial charge is 0.381 e. The Labute approximate surface area is 93.0 Å². The minimum atomic E-state index is -0.164. The Balaban J connectivity index is 2.58. The molecule has 0 aliphatic heterocycles. The van der Waals surface area contributed by atoms with Crippen molar-refractivity contribution in [1.82, 2.24) is 4.98 Å². The normalized spacial score (nSPS) is 11.4. The van der Waals surface area contributed by atoms with E-state index in [0.29, 0.717) is 0 Å². The molecule has 0 atom stereocenters. The Morgan fingerprint density at radius 3 is 2.86 bits per heavy atom. The van der Waals surface area contributed by atoms with E-state index >= 15 is 0 Å². The van der Waals surface area contributed by atoms with E-state index in [-0.39, 0.29) is 5.60 Å². The van der Waals surface area contributed by atoms with E-state index in [1.54, 1.807) is 19.5 Å². The molecular weight excluding hydrogens is 244 g/mol. The molecule has 0 aromatic carbocycles. The highest BCUT2D eigenvalue weighted by molar-refractivity contribution is 9.10. The predicted octanol–water partition coefficient (Wildman–Crippen LogP) is 2.68. The second-order valence-electron chi connectivity index (χ2n) is 3.67. The Morgan fingerprint density at radius 2 is 2.29 bits per heavy atom. The maximum absolute atomic E-state index is 5.31. The van der Waals surface area contributed by atoms with Crippen LogP contribution in [0.4, 0.5) is 5.69 Å². The number of methoxy groups -OCH3 is 1. The zero-order chi connectivity index (χ0) is 10.6. The number of nitrogens with one attached hydrogen (secondary N) is 1. The topological polar surface area (TPSA) is 34.1 Å². The second kappa shape index (κ2) is 4.75. The van der Waals surface area contributed by atoms with E-state index in [1.165, 1.54) is 0 Å². The van der Waals surface area contributed by atoms with Gasteiger partial charge in [0.2, 0.25) is 0 Å². The van der Waals surface area contributed by atoms with Crippen LogP contribution in [0.5, 0.6) is 0 Å². The molecule has 0 bridgehead atoms. The van der Waals surface area contributed by atoms with E-state index in [0.717, 1.165) is 16.7 Å². The van der Waals surface area contributed by atoms with Gasteiger partial charge in [-0.25, -0.2) is 0 Å². The van der Waals surface area contributed by atoms with E-state index in [2.05, 4.69) is 26.2 Å². The molecule has 0 saturated carbocycles. The molecule has 0 fully saturated rings. The van der Waals surface area contributed by atoms with Crippen LogP contribution in [0.25, 0.3) is 0 Å². The third kappa shape index (κ3) is 3.27. The van der Waals surface area contributed by atoms with Crippen LogP contribution in [0.2, 0.25) is 0 Å². The first-order chi connectivity index (χ1) is 6.55. The monoisotopic (exact) mass is 258 g/mol. The average molecular weight is 259 g/mol. The number of hydrogen-bond acceptors (Lipinski definition) is 3. The van der Waals surface area contributed by atoms with Crippen LogP contribution >= 0.6 is 15.9 Å². The van der Waals surface area contributed by atoms with Crippen LogP contribution in [-0.4, -0.2) is 24.2 Å². The highest BCUT2D eigenvalue weighted by Gasteiger charge is 2.15. The zero-order valence-corrected chi connectivity index (χ0v) is 10.3. The lowest BCUT2D eigenvalue weighted by Gasteiger charge is -2.24. The fraction of sp³-hybridized carbons (Fsp3) is 0.500. The fourth-order valence-corrected chi connectivity index (χ4v) is 1.29. The molecule has 0 saturated heterocycles. The lowest BCUT2D eigenvalue weighted by Crippen LogP contribution is -2.32. The first-order valence-electron chi connectivity index (χ1n) is 4.44. The third-order valence-corrected chi connectivity index (χ3v) is 2.66. The van der Waals surface area contributed by atoms with Gasteiger partial charge in [-0.2, -0.15) is 0 Å². The number of pyridine rings is 1. The summed E-state index contributed by atoms with van der Waals surface area (Å²) in [4.78, 5) is 3.99. The second-order valence-corrected chi connectivity index (χ2v) is 4.53. The SMILES string of the molecule is COC(C)(C)CNc1ccncc1Br. The van der Waals surface area contributed by atoms with Gasteiger partial charge in [-0.3, -0.25) is 4.98 Å². The van der Waals surface area contributed by atoms with E-state index < -0.39 is 0 Å². The molecule has 1 aromatic heterocycles. The summed E-state index contributed by atoms with van der Waals surface area (Å²) in [5.74, 6) is 0. The number of halogens is 1. The number of ether oxygens (including phenoxy) is 1. The van der Waals surface area contributed by atoms with E-state index in [1.807, 2.05) is 19.9 Å². The molecule has 0 aliphatic carbocycles. The van der Waals surface area contributed by atoms with Crippen molar-refractivity contribution in [1.29, 1.82) is 0 Å². The molecule has 4 heteroatoms. The van der Waals surface area contributed by atoms with Crippen molar-refractivity contribution in [2.24, 2.45) is 0 Å². The summed E-state index contributed by atoms with van der Waals surface area (Å²) in [6, 6.07) is 1.93. The van der Waals surface area contributed by atoms with Gasteiger partial charge in [0.1, 0.15) is 0 Å². The van der Waals surface area contributed by atoms with Gasteiger partial charge < -0.3 is 10.1 Å². The molecule has 0 unspecified atom stereocenters. The summed E-state index contributed by atoms with van der Waals surface area (Å²) in [6.45, 7) is 4.83. The molecule has 0 radical (unpaired) electrons. The predicted molar refractivity (Wildman–Crippen MR) is 61.5 cm³/mol. The molecule has 1 rings (SSSR count). The van der Waals surface area contributed by atoms with Gasteiger partial charge in [-0.1, -0.05) is 0 Å². The molecule has 1 heterocycles. The lowest BCUT2D eigenvalue weighted by molar-refractivity contribution is 0.0343. The quantitative estimate of drug-likeness (QED) is 0.902. The maximum atomic E-state index is 5.31. The van der Waals surface area contributed by atoms with E-state index in [4.69, 9.17) is 4.74 Å². The van der Waals surface area contributed by atoms with Crippen LogP contribution < -0.4 is 5.32 Å². The van der Waals surface area contributed by atoms with Crippen LogP contribution in [0, 0.1) is 0 Å².